The molecule has 0 saturated heterocycles. The zero-order valence-corrected chi connectivity index (χ0v) is 11.1. The average Bonchev–Trinajstić information content (AvgIpc) is 2.87. The van der Waals surface area contributed by atoms with Gasteiger partial charge in [0.05, 0.1) is 5.56 Å². The molecule has 0 fully saturated rings. The SMILES string of the molecule is CC(C)C(C)c1nc(-c2cccc(C(=O)O)c2)no1. The Hall–Kier alpha value is -2.17. The number of rotatable bonds is 4. The van der Waals surface area contributed by atoms with E-state index in [1.54, 1.807) is 12.1 Å². The van der Waals surface area contributed by atoms with Gasteiger partial charge >= 0.3 is 5.97 Å². The minimum atomic E-state index is -0.971. The first-order chi connectivity index (χ1) is 8.99. The molecule has 0 aliphatic heterocycles. The van der Waals surface area contributed by atoms with Crippen molar-refractivity contribution in [1.82, 2.24) is 10.1 Å². The number of benzene rings is 1. The van der Waals surface area contributed by atoms with Crippen LogP contribution in [0.25, 0.3) is 11.4 Å². The molecule has 0 radical (unpaired) electrons. The van der Waals surface area contributed by atoms with Crippen molar-refractivity contribution < 1.29 is 14.4 Å². The van der Waals surface area contributed by atoms with E-state index in [4.69, 9.17) is 9.63 Å². The second kappa shape index (κ2) is 5.22. The van der Waals surface area contributed by atoms with Crippen LogP contribution in [-0.4, -0.2) is 21.2 Å². The fraction of sp³-hybridized carbons (Fsp3) is 0.357. The van der Waals surface area contributed by atoms with E-state index in [9.17, 15) is 4.79 Å². The normalized spacial score (nSPS) is 12.6. The van der Waals surface area contributed by atoms with E-state index < -0.39 is 5.97 Å². The van der Waals surface area contributed by atoms with Crippen LogP contribution < -0.4 is 0 Å². The van der Waals surface area contributed by atoms with E-state index in [-0.39, 0.29) is 11.5 Å². The molecular weight excluding hydrogens is 244 g/mol. The number of carbonyl (C=O) groups is 1. The Morgan fingerprint density at radius 1 is 1.32 bits per heavy atom. The van der Waals surface area contributed by atoms with Gasteiger partial charge in [-0.1, -0.05) is 38.1 Å². The number of aromatic nitrogens is 2. The van der Waals surface area contributed by atoms with Crippen molar-refractivity contribution in [3.63, 3.8) is 0 Å². The van der Waals surface area contributed by atoms with Crippen molar-refractivity contribution >= 4 is 5.97 Å². The standard InChI is InChI=1S/C14H16N2O3/c1-8(2)9(3)13-15-12(16-19-13)10-5-4-6-11(7-10)14(17)18/h4-9H,1-3H3,(H,17,18). The maximum Gasteiger partial charge on any atom is 0.335 e. The zero-order valence-electron chi connectivity index (χ0n) is 11.1. The van der Waals surface area contributed by atoms with E-state index in [1.807, 2.05) is 6.92 Å². The van der Waals surface area contributed by atoms with Gasteiger partial charge < -0.3 is 9.63 Å². The van der Waals surface area contributed by atoms with Crippen LogP contribution in [-0.2, 0) is 0 Å². The van der Waals surface area contributed by atoms with E-state index >= 15 is 0 Å². The second-order valence-electron chi connectivity index (χ2n) is 4.87. The Labute approximate surface area is 111 Å². The van der Waals surface area contributed by atoms with Crippen LogP contribution in [0.3, 0.4) is 0 Å². The molecule has 19 heavy (non-hydrogen) atoms. The van der Waals surface area contributed by atoms with Crippen LogP contribution in [0.5, 0.6) is 0 Å². The lowest BCUT2D eigenvalue weighted by Crippen LogP contribution is -2.02. The first-order valence-electron chi connectivity index (χ1n) is 6.16. The first-order valence-corrected chi connectivity index (χ1v) is 6.16. The molecule has 5 nitrogen and oxygen atoms in total. The number of nitrogens with zero attached hydrogens (tertiary/aromatic N) is 2. The van der Waals surface area contributed by atoms with Gasteiger partial charge in [-0.3, -0.25) is 0 Å². The molecule has 1 unspecified atom stereocenters. The van der Waals surface area contributed by atoms with E-state index in [0.29, 0.717) is 23.2 Å². The van der Waals surface area contributed by atoms with E-state index in [0.717, 1.165) is 0 Å². The summed E-state index contributed by atoms with van der Waals surface area (Å²) in [5.41, 5.74) is 0.853. The molecule has 2 rings (SSSR count). The maximum atomic E-state index is 10.9. The highest BCUT2D eigenvalue weighted by molar-refractivity contribution is 5.89. The van der Waals surface area contributed by atoms with Crippen molar-refractivity contribution in [2.45, 2.75) is 26.7 Å². The van der Waals surface area contributed by atoms with E-state index in [1.165, 1.54) is 12.1 Å². The van der Waals surface area contributed by atoms with Crippen molar-refractivity contribution in [2.24, 2.45) is 5.92 Å². The molecule has 0 amide bonds. The highest BCUT2D eigenvalue weighted by Crippen LogP contribution is 2.25. The molecule has 0 spiro atoms. The van der Waals surface area contributed by atoms with E-state index in [2.05, 4.69) is 24.0 Å². The lowest BCUT2D eigenvalue weighted by Gasteiger charge is -2.08. The predicted octanol–water partition coefficient (Wildman–Crippen LogP) is 3.19. The Morgan fingerprint density at radius 2 is 2.05 bits per heavy atom. The quantitative estimate of drug-likeness (QED) is 0.913. The van der Waals surface area contributed by atoms with Gasteiger partial charge in [0, 0.05) is 11.5 Å². The van der Waals surface area contributed by atoms with Gasteiger partial charge in [0.25, 0.3) is 0 Å². The summed E-state index contributed by atoms with van der Waals surface area (Å²) < 4.78 is 5.23. The highest BCUT2D eigenvalue weighted by Gasteiger charge is 2.18. The Morgan fingerprint density at radius 3 is 2.68 bits per heavy atom. The third kappa shape index (κ3) is 2.81. The molecule has 2 aromatic rings. The van der Waals surface area contributed by atoms with Crippen molar-refractivity contribution in [3.05, 3.63) is 35.7 Å². The lowest BCUT2D eigenvalue weighted by atomic mass is 9.98. The third-order valence-corrected chi connectivity index (χ3v) is 3.20. The Kier molecular flexibility index (Phi) is 3.64. The summed E-state index contributed by atoms with van der Waals surface area (Å²) in [6.45, 7) is 6.19. The summed E-state index contributed by atoms with van der Waals surface area (Å²) >= 11 is 0. The van der Waals surface area contributed by atoms with Gasteiger partial charge in [-0.25, -0.2) is 4.79 Å². The van der Waals surface area contributed by atoms with Crippen LogP contribution in [0.2, 0.25) is 0 Å². The Balaban J connectivity index is 2.33. The largest absolute Gasteiger partial charge is 0.478 e. The van der Waals surface area contributed by atoms with Crippen LogP contribution in [0.4, 0.5) is 0 Å². The molecule has 0 aliphatic rings. The fourth-order valence-electron chi connectivity index (χ4n) is 1.61. The van der Waals surface area contributed by atoms with Crippen LogP contribution >= 0.6 is 0 Å². The monoisotopic (exact) mass is 260 g/mol. The highest BCUT2D eigenvalue weighted by atomic mass is 16.5. The number of hydrogen-bond donors (Lipinski definition) is 1. The van der Waals surface area contributed by atoms with Gasteiger partial charge in [-0.2, -0.15) is 4.98 Å². The summed E-state index contributed by atoms with van der Waals surface area (Å²) in [6, 6.07) is 6.50. The molecule has 0 bridgehead atoms. The second-order valence-corrected chi connectivity index (χ2v) is 4.87. The summed E-state index contributed by atoms with van der Waals surface area (Å²) in [7, 11) is 0. The van der Waals surface area contributed by atoms with Crippen LogP contribution in [0.1, 0.15) is 42.9 Å². The minimum Gasteiger partial charge on any atom is -0.478 e. The van der Waals surface area contributed by atoms with Gasteiger partial charge in [0.15, 0.2) is 0 Å². The summed E-state index contributed by atoms with van der Waals surface area (Å²) in [4.78, 5) is 15.3. The smallest absolute Gasteiger partial charge is 0.335 e. The molecule has 1 atom stereocenters. The molecule has 1 heterocycles. The average molecular weight is 260 g/mol. The van der Waals surface area contributed by atoms with Gasteiger partial charge in [0.1, 0.15) is 0 Å². The van der Waals surface area contributed by atoms with Crippen LogP contribution in [0, 0.1) is 5.92 Å². The molecule has 1 N–H and O–H groups in total. The number of carboxylic acid groups (broad SMARTS) is 1. The van der Waals surface area contributed by atoms with Gasteiger partial charge in [-0.15, -0.1) is 0 Å². The molecule has 5 heteroatoms. The first kappa shape index (κ1) is 13.3. The van der Waals surface area contributed by atoms with Gasteiger partial charge in [-0.05, 0) is 18.1 Å². The number of aromatic carboxylic acids is 1. The summed E-state index contributed by atoms with van der Waals surface area (Å²) in [5, 5.41) is 12.9. The van der Waals surface area contributed by atoms with Crippen molar-refractivity contribution in [1.29, 1.82) is 0 Å². The van der Waals surface area contributed by atoms with Crippen molar-refractivity contribution in [2.75, 3.05) is 0 Å². The maximum absolute atomic E-state index is 10.9. The Bertz CT molecular complexity index is 590. The summed E-state index contributed by atoms with van der Waals surface area (Å²) in [6.07, 6.45) is 0. The summed E-state index contributed by atoms with van der Waals surface area (Å²) in [5.74, 6) is 0.597. The topological polar surface area (TPSA) is 76.2 Å². The molecule has 1 aromatic heterocycles. The number of carboxylic acids is 1. The molecule has 100 valence electrons. The molecule has 1 aromatic carbocycles. The molecular formula is C14H16N2O3. The van der Waals surface area contributed by atoms with Crippen LogP contribution in [0.15, 0.2) is 28.8 Å². The van der Waals surface area contributed by atoms with Gasteiger partial charge in [0.2, 0.25) is 11.7 Å². The minimum absolute atomic E-state index is 0.170. The molecule has 0 aliphatic carbocycles. The fourth-order valence-corrected chi connectivity index (χ4v) is 1.61. The zero-order chi connectivity index (χ0) is 14.0. The van der Waals surface area contributed by atoms with Crippen molar-refractivity contribution in [3.8, 4) is 11.4 Å². The third-order valence-electron chi connectivity index (χ3n) is 3.20. The lowest BCUT2D eigenvalue weighted by molar-refractivity contribution is 0.0697. The molecule has 0 saturated carbocycles. The predicted molar refractivity (Wildman–Crippen MR) is 69.9 cm³/mol. The number of hydrogen-bond acceptors (Lipinski definition) is 4.